The van der Waals surface area contributed by atoms with Gasteiger partial charge in [0.1, 0.15) is 0 Å². The molecule has 0 saturated carbocycles. The number of methoxy groups -OCH3 is 1. The molecule has 2 amide bonds. The summed E-state index contributed by atoms with van der Waals surface area (Å²) < 4.78 is 4.89. The molecule has 2 aromatic rings. The first-order valence-corrected chi connectivity index (χ1v) is 8.29. The average Bonchev–Trinajstić information content (AvgIpc) is 2.62. The van der Waals surface area contributed by atoms with Gasteiger partial charge in [-0.1, -0.05) is 26.0 Å². The van der Waals surface area contributed by atoms with E-state index in [-0.39, 0.29) is 11.8 Å². The highest BCUT2D eigenvalue weighted by Crippen LogP contribution is 2.17. The molecular formula is C20H24N2O3. The largest absolute Gasteiger partial charge is 0.383 e. The molecule has 0 spiro atoms. The SMILES string of the molecule is COCCNC(=O)c1ccc(C(=O)Nc2ccc(C(C)C)cc2)cc1. The molecule has 0 radical (unpaired) electrons. The molecule has 2 aromatic carbocycles. The molecule has 0 aromatic heterocycles. The lowest BCUT2D eigenvalue weighted by atomic mass is 10.0. The molecule has 25 heavy (non-hydrogen) atoms. The van der Waals surface area contributed by atoms with Gasteiger partial charge in [0.25, 0.3) is 11.8 Å². The zero-order chi connectivity index (χ0) is 18.2. The summed E-state index contributed by atoms with van der Waals surface area (Å²) in [6.45, 7) is 5.16. The van der Waals surface area contributed by atoms with E-state index in [2.05, 4.69) is 24.5 Å². The Morgan fingerprint density at radius 3 is 2.00 bits per heavy atom. The van der Waals surface area contributed by atoms with E-state index in [1.807, 2.05) is 24.3 Å². The summed E-state index contributed by atoms with van der Waals surface area (Å²) in [5, 5.41) is 5.60. The molecule has 0 atom stereocenters. The first-order chi connectivity index (χ1) is 12.0. The Kier molecular flexibility index (Phi) is 6.71. The number of nitrogens with one attached hydrogen (secondary N) is 2. The van der Waals surface area contributed by atoms with E-state index in [0.29, 0.717) is 30.2 Å². The van der Waals surface area contributed by atoms with Crippen LogP contribution in [0.1, 0.15) is 46.0 Å². The van der Waals surface area contributed by atoms with E-state index < -0.39 is 0 Å². The number of rotatable bonds is 7. The topological polar surface area (TPSA) is 67.4 Å². The molecule has 0 aliphatic carbocycles. The van der Waals surface area contributed by atoms with Gasteiger partial charge in [-0.3, -0.25) is 9.59 Å². The first-order valence-electron chi connectivity index (χ1n) is 8.29. The van der Waals surface area contributed by atoms with E-state index in [4.69, 9.17) is 4.74 Å². The summed E-state index contributed by atoms with van der Waals surface area (Å²) in [5.41, 5.74) is 2.98. The summed E-state index contributed by atoms with van der Waals surface area (Å²) in [6, 6.07) is 14.4. The number of hydrogen-bond donors (Lipinski definition) is 2. The van der Waals surface area contributed by atoms with Crippen LogP contribution in [0.5, 0.6) is 0 Å². The van der Waals surface area contributed by atoms with Crippen LogP contribution in [0.4, 0.5) is 5.69 Å². The second-order valence-corrected chi connectivity index (χ2v) is 6.06. The molecule has 0 bridgehead atoms. The smallest absolute Gasteiger partial charge is 0.255 e. The van der Waals surface area contributed by atoms with E-state index in [1.165, 1.54) is 5.56 Å². The van der Waals surface area contributed by atoms with Crippen LogP contribution in [0.2, 0.25) is 0 Å². The van der Waals surface area contributed by atoms with E-state index in [1.54, 1.807) is 31.4 Å². The molecule has 5 nitrogen and oxygen atoms in total. The fourth-order valence-corrected chi connectivity index (χ4v) is 2.30. The minimum Gasteiger partial charge on any atom is -0.383 e. The maximum atomic E-state index is 12.3. The lowest BCUT2D eigenvalue weighted by Gasteiger charge is -2.09. The van der Waals surface area contributed by atoms with E-state index >= 15 is 0 Å². The van der Waals surface area contributed by atoms with Crippen LogP contribution >= 0.6 is 0 Å². The molecule has 2 N–H and O–H groups in total. The molecule has 132 valence electrons. The van der Waals surface area contributed by atoms with Gasteiger partial charge in [-0.15, -0.1) is 0 Å². The van der Waals surface area contributed by atoms with Crippen molar-refractivity contribution in [3.8, 4) is 0 Å². The summed E-state index contributed by atoms with van der Waals surface area (Å²) in [7, 11) is 1.58. The second-order valence-electron chi connectivity index (χ2n) is 6.06. The van der Waals surface area contributed by atoms with Gasteiger partial charge in [-0.2, -0.15) is 0 Å². The van der Waals surface area contributed by atoms with Crippen LogP contribution in [0.15, 0.2) is 48.5 Å². The van der Waals surface area contributed by atoms with Gasteiger partial charge >= 0.3 is 0 Å². The van der Waals surface area contributed by atoms with Gasteiger partial charge in [0, 0.05) is 30.5 Å². The molecule has 0 aliphatic heterocycles. The molecule has 0 heterocycles. The van der Waals surface area contributed by atoms with Crippen LogP contribution in [-0.2, 0) is 4.74 Å². The van der Waals surface area contributed by atoms with Gasteiger partial charge < -0.3 is 15.4 Å². The van der Waals surface area contributed by atoms with Crippen molar-refractivity contribution in [2.24, 2.45) is 0 Å². The highest BCUT2D eigenvalue weighted by atomic mass is 16.5. The number of ether oxygens (including phenoxy) is 1. The molecule has 0 aliphatic rings. The van der Waals surface area contributed by atoms with Crippen LogP contribution in [-0.4, -0.2) is 32.1 Å². The molecule has 0 unspecified atom stereocenters. The Morgan fingerprint density at radius 1 is 0.920 bits per heavy atom. The van der Waals surface area contributed by atoms with E-state index in [0.717, 1.165) is 5.69 Å². The lowest BCUT2D eigenvalue weighted by Crippen LogP contribution is -2.26. The number of hydrogen-bond acceptors (Lipinski definition) is 3. The standard InChI is InChI=1S/C20H24N2O3/c1-14(2)15-8-10-18(11-9-15)22-20(24)17-6-4-16(5-7-17)19(23)21-12-13-25-3/h4-11,14H,12-13H2,1-3H3,(H,21,23)(H,22,24). The van der Waals surface area contributed by atoms with Crippen molar-refractivity contribution in [3.05, 3.63) is 65.2 Å². The lowest BCUT2D eigenvalue weighted by molar-refractivity contribution is 0.0935. The number of anilines is 1. The third-order valence-corrected chi connectivity index (χ3v) is 3.84. The second kappa shape index (κ2) is 8.99. The van der Waals surface area contributed by atoms with Crippen molar-refractivity contribution in [1.82, 2.24) is 5.32 Å². The highest BCUT2D eigenvalue weighted by Gasteiger charge is 2.09. The van der Waals surface area contributed by atoms with Crippen molar-refractivity contribution in [2.75, 3.05) is 25.6 Å². The van der Waals surface area contributed by atoms with Crippen molar-refractivity contribution in [2.45, 2.75) is 19.8 Å². The molecule has 5 heteroatoms. The van der Waals surface area contributed by atoms with Gasteiger partial charge in [-0.05, 0) is 47.9 Å². The Hall–Kier alpha value is -2.66. The summed E-state index contributed by atoms with van der Waals surface area (Å²) in [5.74, 6) is 0.0595. The zero-order valence-electron chi connectivity index (χ0n) is 14.8. The average molecular weight is 340 g/mol. The normalized spacial score (nSPS) is 10.6. The highest BCUT2D eigenvalue weighted by molar-refractivity contribution is 6.05. The Bertz CT molecular complexity index is 707. The number of carbonyl (C=O) groups is 2. The van der Waals surface area contributed by atoms with Gasteiger partial charge in [0.15, 0.2) is 0 Å². The number of amides is 2. The number of carbonyl (C=O) groups excluding carboxylic acids is 2. The third-order valence-electron chi connectivity index (χ3n) is 3.84. The molecule has 0 saturated heterocycles. The fourth-order valence-electron chi connectivity index (χ4n) is 2.30. The van der Waals surface area contributed by atoms with Crippen molar-refractivity contribution >= 4 is 17.5 Å². The van der Waals surface area contributed by atoms with Crippen LogP contribution in [0, 0.1) is 0 Å². The minimum absolute atomic E-state index is 0.187. The first kappa shape index (κ1) is 18.7. The quantitative estimate of drug-likeness (QED) is 0.759. The van der Waals surface area contributed by atoms with Crippen molar-refractivity contribution in [3.63, 3.8) is 0 Å². The van der Waals surface area contributed by atoms with Gasteiger partial charge in [0.2, 0.25) is 0 Å². The minimum atomic E-state index is -0.205. The predicted octanol–water partition coefficient (Wildman–Crippen LogP) is 3.44. The monoisotopic (exact) mass is 340 g/mol. The maximum absolute atomic E-state index is 12.3. The molecular weight excluding hydrogens is 316 g/mol. The van der Waals surface area contributed by atoms with Crippen LogP contribution in [0.3, 0.4) is 0 Å². The molecule has 0 fully saturated rings. The zero-order valence-corrected chi connectivity index (χ0v) is 14.8. The van der Waals surface area contributed by atoms with Crippen molar-refractivity contribution < 1.29 is 14.3 Å². The maximum Gasteiger partial charge on any atom is 0.255 e. The van der Waals surface area contributed by atoms with Gasteiger partial charge in [0.05, 0.1) is 6.61 Å². The van der Waals surface area contributed by atoms with Crippen LogP contribution < -0.4 is 10.6 Å². The predicted molar refractivity (Wildman–Crippen MR) is 99.1 cm³/mol. The third kappa shape index (κ3) is 5.43. The van der Waals surface area contributed by atoms with Gasteiger partial charge in [-0.25, -0.2) is 0 Å². The Balaban J connectivity index is 1.96. The number of benzene rings is 2. The summed E-state index contributed by atoms with van der Waals surface area (Å²) >= 11 is 0. The van der Waals surface area contributed by atoms with E-state index in [9.17, 15) is 9.59 Å². The van der Waals surface area contributed by atoms with Crippen molar-refractivity contribution in [1.29, 1.82) is 0 Å². The summed E-state index contributed by atoms with van der Waals surface area (Å²) in [4.78, 5) is 24.2. The summed E-state index contributed by atoms with van der Waals surface area (Å²) in [6.07, 6.45) is 0. The fraction of sp³-hybridized carbons (Fsp3) is 0.300. The Labute approximate surface area is 148 Å². The Morgan fingerprint density at radius 2 is 1.48 bits per heavy atom. The van der Waals surface area contributed by atoms with Crippen LogP contribution in [0.25, 0.3) is 0 Å². The molecule has 2 rings (SSSR count).